The number of rotatable bonds is 4. The number of hydrogen-bond donors (Lipinski definition) is 2. The molecule has 23 heavy (non-hydrogen) atoms. The van der Waals surface area contributed by atoms with E-state index in [1.54, 1.807) is 0 Å². The maximum atomic E-state index is 6.19. The van der Waals surface area contributed by atoms with Crippen LogP contribution in [0.25, 0.3) is 10.9 Å². The summed E-state index contributed by atoms with van der Waals surface area (Å²) in [4.78, 5) is 9.26. The third-order valence-corrected chi connectivity index (χ3v) is 4.36. The van der Waals surface area contributed by atoms with E-state index in [1.165, 1.54) is 12.8 Å². The Morgan fingerprint density at radius 1 is 1.09 bits per heavy atom. The fourth-order valence-electron chi connectivity index (χ4n) is 2.46. The van der Waals surface area contributed by atoms with Crippen molar-refractivity contribution in [1.29, 1.82) is 0 Å². The molecule has 1 saturated carbocycles. The summed E-state index contributed by atoms with van der Waals surface area (Å²) >= 11 is 6.19. The zero-order valence-corrected chi connectivity index (χ0v) is 13.6. The van der Waals surface area contributed by atoms with Crippen molar-refractivity contribution in [2.45, 2.75) is 25.8 Å². The third-order valence-electron chi connectivity index (χ3n) is 3.95. The molecule has 0 radical (unpaired) electrons. The summed E-state index contributed by atoms with van der Waals surface area (Å²) < 4.78 is 0. The van der Waals surface area contributed by atoms with Crippen LogP contribution in [0.1, 0.15) is 18.4 Å². The van der Waals surface area contributed by atoms with Gasteiger partial charge in [-0.05, 0) is 49.6 Å². The largest absolute Gasteiger partial charge is 0.367 e. The smallest absolute Gasteiger partial charge is 0.229 e. The van der Waals surface area contributed by atoms with Gasteiger partial charge in [-0.2, -0.15) is 4.98 Å². The van der Waals surface area contributed by atoms with E-state index in [0.717, 1.165) is 33.0 Å². The van der Waals surface area contributed by atoms with Crippen molar-refractivity contribution >= 4 is 40.0 Å². The molecule has 0 amide bonds. The molecule has 116 valence electrons. The molecule has 1 aliphatic carbocycles. The van der Waals surface area contributed by atoms with Crippen LogP contribution in [0.5, 0.6) is 0 Å². The molecule has 1 aromatic heterocycles. The molecule has 5 heteroatoms. The van der Waals surface area contributed by atoms with Crippen LogP contribution in [-0.2, 0) is 0 Å². The van der Waals surface area contributed by atoms with E-state index in [9.17, 15) is 0 Å². The predicted molar refractivity (Wildman–Crippen MR) is 95.7 cm³/mol. The molecule has 1 aliphatic rings. The summed E-state index contributed by atoms with van der Waals surface area (Å²) in [6.07, 6.45) is 2.41. The molecule has 2 N–H and O–H groups in total. The van der Waals surface area contributed by atoms with Crippen LogP contribution in [0, 0.1) is 6.92 Å². The van der Waals surface area contributed by atoms with Crippen LogP contribution in [-0.4, -0.2) is 16.0 Å². The fourth-order valence-corrected chi connectivity index (χ4v) is 2.64. The molecule has 4 nitrogen and oxygen atoms in total. The van der Waals surface area contributed by atoms with Crippen LogP contribution in [0.3, 0.4) is 0 Å². The average molecular weight is 325 g/mol. The Hall–Kier alpha value is -2.33. The molecule has 4 rings (SSSR count). The first kappa shape index (κ1) is 14.3. The number of nitrogens with zero attached hydrogens (tertiary/aromatic N) is 2. The SMILES string of the molecule is Cc1ccc(Nc2nc(NC3CC3)c3ccccc3n2)cc1Cl. The van der Waals surface area contributed by atoms with Gasteiger partial charge in [0.05, 0.1) is 5.52 Å². The lowest BCUT2D eigenvalue weighted by atomic mass is 10.2. The second-order valence-electron chi connectivity index (χ2n) is 5.92. The summed E-state index contributed by atoms with van der Waals surface area (Å²) in [5.41, 5.74) is 2.85. The molecule has 0 atom stereocenters. The second-order valence-corrected chi connectivity index (χ2v) is 6.33. The van der Waals surface area contributed by atoms with Crippen molar-refractivity contribution in [2.75, 3.05) is 10.6 Å². The molecule has 0 unspecified atom stereocenters. The molecule has 3 aromatic rings. The summed E-state index contributed by atoms with van der Waals surface area (Å²) in [5, 5.41) is 8.52. The Kier molecular flexibility index (Phi) is 3.54. The van der Waals surface area contributed by atoms with Crippen LogP contribution < -0.4 is 10.6 Å². The van der Waals surface area contributed by atoms with E-state index >= 15 is 0 Å². The van der Waals surface area contributed by atoms with Gasteiger partial charge in [0.1, 0.15) is 5.82 Å². The molecule has 0 aliphatic heterocycles. The highest BCUT2D eigenvalue weighted by atomic mass is 35.5. The Bertz CT molecular complexity index is 874. The maximum absolute atomic E-state index is 6.19. The molecule has 2 aromatic carbocycles. The highest BCUT2D eigenvalue weighted by Gasteiger charge is 2.22. The topological polar surface area (TPSA) is 49.8 Å². The molecule has 0 saturated heterocycles. The van der Waals surface area contributed by atoms with Gasteiger partial charge in [0.2, 0.25) is 5.95 Å². The van der Waals surface area contributed by atoms with Gasteiger partial charge < -0.3 is 10.6 Å². The lowest BCUT2D eigenvalue weighted by Crippen LogP contribution is -2.07. The Morgan fingerprint density at radius 2 is 1.91 bits per heavy atom. The summed E-state index contributed by atoms with van der Waals surface area (Å²) in [7, 11) is 0. The number of benzene rings is 2. The predicted octanol–water partition coefficient (Wildman–Crippen LogP) is 4.91. The van der Waals surface area contributed by atoms with Crippen LogP contribution >= 0.6 is 11.6 Å². The molecule has 0 bridgehead atoms. The van der Waals surface area contributed by atoms with E-state index in [4.69, 9.17) is 11.6 Å². The van der Waals surface area contributed by atoms with Crippen molar-refractivity contribution < 1.29 is 0 Å². The molecule has 1 fully saturated rings. The first-order valence-electron chi connectivity index (χ1n) is 7.75. The molecular weight excluding hydrogens is 308 g/mol. The lowest BCUT2D eigenvalue weighted by Gasteiger charge is -2.12. The van der Waals surface area contributed by atoms with Crippen molar-refractivity contribution in [2.24, 2.45) is 0 Å². The van der Waals surface area contributed by atoms with Gasteiger partial charge in [0.15, 0.2) is 0 Å². The normalized spacial score (nSPS) is 14.0. The minimum absolute atomic E-state index is 0.537. The van der Waals surface area contributed by atoms with Gasteiger partial charge in [-0.3, -0.25) is 0 Å². The Balaban J connectivity index is 1.72. The number of anilines is 3. The number of fused-ring (bicyclic) bond motifs is 1. The van der Waals surface area contributed by atoms with E-state index in [2.05, 4.69) is 20.6 Å². The standard InChI is InChI=1S/C18H17ClN4/c1-11-6-7-13(10-15(11)19)21-18-22-16-5-3-2-4-14(16)17(23-18)20-12-8-9-12/h2-7,10,12H,8-9H2,1H3,(H2,20,21,22,23). The quantitative estimate of drug-likeness (QED) is 0.716. The fraction of sp³-hybridized carbons (Fsp3) is 0.222. The number of aromatic nitrogens is 2. The zero-order chi connectivity index (χ0) is 15.8. The van der Waals surface area contributed by atoms with Gasteiger partial charge >= 0.3 is 0 Å². The first-order valence-corrected chi connectivity index (χ1v) is 8.13. The van der Waals surface area contributed by atoms with Crippen molar-refractivity contribution in [3.05, 3.63) is 53.1 Å². The molecule has 0 spiro atoms. The van der Waals surface area contributed by atoms with Crippen molar-refractivity contribution in [1.82, 2.24) is 9.97 Å². The van der Waals surface area contributed by atoms with E-state index in [0.29, 0.717) is 12.0 Å². The Labute approximate surface area is 139 Å². The minimum Gasteiger partial charge on any atom is -0.367 e. The van der Waals surface area contributed by atoms with E-state index < -0.39 is 0 Å². The van der Waals surface area contributed by atoms with E-state index in [-0.39, 0.29) is 0 Å². The number of para-hydroxylation sites is 1. The number of aryl methyl sites for hydroxylation is 1. The summed E-state index contributed by atoms with van der Waals surface area (Å²) in [6.45, 7) is 1.98. The highest BCUT2D eigenvalue weighted by molar-refractivity contribution is 6.31. The van der Waals surface area contributed by atoms with Gasteiger partial charge in [-0.15, -0.1) is 0 Å². The molecule has 1 heterocycles. The Morgan fingerprint density at radius 3 is 2.70 bits per heavy atom. The molecular formula is C18H17ClN4. The number of nitrogens with one attached hydrogen (secondary N) is 2. The first-order chi connectivity index (χ1) is 11.2. The zero-order valence-electron chi connectivity index (χ0n) is 12.8. The van der Waals surface area contributed by atoms with Crippen molar-refractivity contribution in [3.8, 4) is 0 Å². The van der Waals surface area contributed by atoms with Gasteiger partial charge in [0.25, 0.3) is 0 Å². The summed E-state index contributed by atoms with van der Waals surface area (Å²) in [6, 6.07) is 14.4. The number of halogens is 1. The van der Waals surface area contributed by atoms with Gasteiger partial charge in [-0.25, -0.2) is 4.98 Å². The third kappa shape index (κ3) is 3.08. The minimum atomic E-state index is 0.537. The van der Waals surface area contributed by atoms with Gasteiger partial charge in [0, 0.05) is 22.1 Å². The van der Waals surface area contributed by atoms with E-state index in [1.807, 2.05) is 49.4 Å². The lowest BCUT2D eigenvalue weighted by molar-refractivity contribution is 1.11. The van der Waals surface area contributed by atoms with Crippen molar-refractivity contribution in [3.63, 3.8) is 0 Å². The van der Waals surface area contributed by atoms with Crippen LogP contribution in [0.15, 0.2) is 42.5 Å². The summed E-state index contributed by atoms with van der Waals surface area (Å²) in [5.74, 6) is 1.46. The van der Waals surface area contributed by atoms with Crippen LogP contribution in [0.2, 0.25) is 5.02 Å². The monoisotopic (exact) mass is 324 g/mol. The average Bonchev–Trinajstić information content (AvgIpc) is 3.35. The number of hydrogen-bond acceptors (Lipinski definition) is 4. The second kappa shape index (κ2) is 5.70. The van der Waals surface area contributed by atoms with Crippen LogP contribution in [0.4, 0.5) is 17.5 Å². The maximum Gasteiger partial charge on any atom is 0.229 e. The van der Waals surface area contributed by atoms with Gasteiger partial charge in [-0.1, -0.05) is 29.8 Å². The highest BCUT2D eigenvalue weighted by Crippen LogP contribution is 2.29.